The number of benzene rings is 2. The highest BCUT2D eigenvalue weighted by molar-refractivity contribution is 6.39. The molecule has 2 aromatic carbocycles. The summed E-state index contributed by atoms with van der Waals surface area (Å²) < 4.78 is 7.49. The summed E-state index contributed by atoms with van der Waals surface area (Å²) in [6.45, 7) is 8.51. The highest BCUT2D eigenvalue weighted by atomic mass is 16.5. The molecule has 0 saturated heterocycles. The summed E-state index contributed by atoms with van der Waals surface area (Å²) in [5.41, 5.74) is 7.91. The maximum atomic E-state index is 12.1. The standard InChI is InChI=1S/C24H26N4O3/c1-5-31-21-12-10-20(11-13-21)26-23(29)24(30)27-25-15-19-14-17(3)28(18(19)4)22-9-7-6-8-16(22)2/h6-15H,5H2,1-4H3,(H,26,29)(H,27,30)/b25-15-. The minimum absolute atomic E-state index is 0.495. The molecule has 3 aromatic rings. The van der Waals surface area contributed by atoms with Gasteiger partial charge in [-0.25, -0.2) is 5.43 Å². The first-order chi connectivity index (χ1) is 14.9. The Morgan fingerprint density at radius 1 is 1.03 bits per heavy atom. The van der Waals surface area contributed by atoms with Crippen molar-refractivity contribution in [3.8, 4) is 11.4 Å². The summed E-state index contributed by atoms with van der Waals surface area (Å²) >= 11 is 0. The minimum atomic E-state index is -0.849. The van der Waals surface area contributed by atoms with Gasteiger partial charge in [0.15, 0.2) is 0 Å². The fourth-order valence-corrected chi connectivity index (χ4v) is 3.30. The van der Waals surface area contributed by atoms with Crippen LogP contribution in [0.5, 0.6) is 5.75 Å². The van der Waals surface area contributed by atoms with Crippen molar-refractivity contribution in [1.29, 1.82) is 0 Å². The number of amides is 2. The third-order valence-corrected chi connectivity index (χ3v) is 4.83. The van der Waals surface area contributed by atoms with E-state index in [0.717, 1.165) is 28.2 Å². The first-order valence-electron chi connectivity index (χ1n) is 10.0. The van der Waals surface area contributed by atoms with Crippen molar-refractivity contribution in [2.24, 2.45) is 5.10 Å². The predicted molar refractivity (Wildman–Crippen MR) is 122 cm³/mol. The second-order valence-electron chi connectivity index (χ2n) is 7.06. The van der Waals surface area contributed by atoms with E-state index in [0.29, 0.717) is 18.0 Å². The Bertz CT molecular complexity index is 1110. The number of carbonyl (C=O) groups is 2. The monoisotopic (exact) mass is 418 g/mol. The molecule has 0 saturated carbocycles. The van der Waals surface area contributed by atoms with Crippen molar-refractivity contribution in [1.82, 2.24) is 9.99 Å². The number of aromatic nitrogens is 1. The Hall–Kier alpha value is -3.87. The van der Waals surface area contributed by atoms with Crippen LogP contribution in [0.2, 0.25) is 0 Å². The number of nitrogens with one attached hydrogen (secondary N) is 2. The van der Waals surface area contributed by atoms with Gasteiger partial charge in [0.05, 0.1) is 12.8 Å². The maximum absolute atomic E-state index is 12.1. The molecule has 0 spiro atoms. The smallest absolute Gasteiger partial charge is 0.329 e. The van der Waals surface area contributed by atoms with Crippen molar-refractivity contribution in [2.75, 3.05) is 11.9 Å². The molecule has 31 heavy (non-hydrogen) atoms. The lowest BCUT2D eigenvalue weighted by Crippen LogP contribution is -2.32. The molecule has 0 bridgehead atoms. The van der Waals surface area contributed by atoms with E-state index in [2.05, 4.69) is 39.5 Å². The Labute approximate surface area is 181 Å². The zero-order valence-electron chi connectivity index (χ0n) is 18.1. The van der Waals surface area contributed by atoms with Crippen LogP contribution in [0.3, 0.4) is 0 Å². The molecule has 0 unspecified atom stereocenters. The second kappa shape index (κ2) is 9.75. The van der Waals surface area contributed by atoms with E-state index in [9.17, 15) is 9.59 Å². The van der Waals surface area contributed by atoms with E-state index in [1.807, 2.05) is 39.0 Å². The third kappa shape index (κ3) is 5.19. The van der Waals surface area contributed by atoms with Gasteiger partial charge in [-0.2, -0.15) is 5.10 Å². The molecule has 7 heteroatoms. The molecule has 2 amide bonds. The Morgan fingerprint density at radius 3 is 2.42 bits per heavy atom. The quantitative estimate of drug-likeness (QED) is 0.362. The van der Waals surface area contributed by atoms with E-state index >= 15 is 0 Å². The molecular formula is C24H26N4O3. The van der Waals surface area contributed by atoms with Gasteiger partial charge in [-0.15, -0.1) is 0 Å². The SMILES string of the molecule is CCOc1ccc(NC(=O)C(=O)N/N=C\c2cc(C)n(-c3ccccc3C)c2C)cc1. The molecule has 2 N–H and O–H groups in total. The lowest BCUT2D eigenvalue weighted by molar-refractivity contribution is -0.136. The van der Waals surface area contributed by atoms with E-state index in [1.54, 1.807) is 30.5 Å². The molecule has 3 rings (SSSR count). The van der Waals surface area contributed by atoms with Gasteiger partial charge < -0.3 is 14.6 Å². The van der Waals surface area contributed by atoms with Crippen LogP contribution in [-0.4, -0.2) is 29.2 Å². The number of rotatable bonds is 6. The Kier molecular flexibility index (Phi) is 6.87. The summed E-state index contributed by atoms with van der Waals surface area (Å²) in [5, 5.41) is 6.48. The Morgan fingerprint density at radius 2 is 1.74 bits per heavy atom. The summed E-state index contributed by atoms with van der Waals surface area (Å²) in [5.74, 6) is -0.956. The lowest BCUT2D eigenvalue weighted by Gasteiger charge is -2.12. The van der Waals surface area contributed by atoms with Crippen LogP contribution >= 0.6 is 0 Å². The minimum Gasteiger partial charge on any atom is -0.494 e. The molecule has 0 aliphatic heterocycles. The molecule has 1 heterocycles. The van der Waals surface area contributed by atoms with Crippen molar-refractivity contribution < 1.29 is 14.3 Å². The van der Waals surface area contributed by atoms with Gasteiger partial charge in [-0.1, -0.05) is 18.2 Å². The van der Waals surface area contributed by atoms with Gasteiger partial charge in [0.2, 0.25) is 0 Å². The third-order valence-electron chi connectivity index (χ3n) is 4.83. The summed E-state index contributed by atoms with van der Waals surface area (Å²) in [7, 11) is 0. The topological polar surface area (TPSA) is 84.7 Å². The summed E-state index contributed by atoms with van der Waals surface area (Å²) in [6.07, 6.45) is 1.54. The van der Waals surface area contributed by atoms with Crippen LogP contribution < -0.4 is 15.5 Å². The zero-order chi connectivity index (χ0) is 22.4. The lowest BCUT2D eigenvalue weighted by atomic mass is 10.2. The molecule has 0 aliphatic rings. The molecular weight excluding hydrogens is 392 g/mol. The average molecular weight is 418 g/mol. The number of nitrogens with zero attached hydrogens (tertiary/aromatic N) is 2. The van der Waals surface area contributed by atoms with Gasteiger partial charge in [0.25, 0.3) is 0 Å². The van der Waals surface area contributed by atoms with Crippen LogP contribution in [0.25, 0.3) is 5.69 Å². The Balaban J connectivity index is 1.64. The fourth-order valence-electron chi connectivity index (χ4n) is 3.30. The summed E-state index contributed by atoms with van der Waals surface area (Å²) in [4.78, 5) is 24.1. The first-order valence-corrected chi connectivity index (χ1v) is 10.0. The van der Waals surface area contributed by atoms with Gasteiger partial charge in [0, 0.05) is 28.3 Å². The number of hydrogen-bond acceptors (Lipinski definition) is 4. The molecule has 0 radical (unpaired) electrons. The molecule has 0 aliphatic carbocycles. The number of hydrogen-bond donors (Lipinski definition) is 2. The maximum Gasteiger partial charge on any atom is 0.329 e. The van der Waals surface area contributed by atoms with Crippen molar-refractivity contribution in [2.45, 2.75) is 27.7 Å². The fraction of sp³-hybridized carbons (Fsp3) is 0.208. The van der Waals surface area contributed by atoms with Gasteiger partial charge >= 0.3 is 11.8 Å². The predicted octanol–water partition coefficient (Wildman–Crippen LogP) is 3.89. The number of ether oxygens (including phenoxy) is 1. The number of aryl methyl sites for hydroxylation is 2. The average Bonchev–Trinajstić information content (AvgIpc) is 3.03. The largest absolute Gasteiger partial charge is 0.494 e. The van der Waals surface area contributed by atoms with Gasteiger partial charge in [-0.3, -0.25) is 9.59 Å². The van der Waals surface area contributed by atoms with E-state index < -0.39 is 11.8 Å². The second-order valence-corrected chi connectivity index (χ2v) is 7.06. The highest BCUT2D eigenvalue weighted by Crippen LogP contribution is 2.22. The van der Waals surface area contributed by atoms with Crippen LogP contribution in [0.15, 0.2) is 59.7 Å². The molecule has 160 valence electrons. The first kappa shape index (κ1) is 21.8. The van der Waals surface area contributed by atoms with Crippen molar-refractivity contribution >= 4 is 23.7 Å². The van der Waals surface area contributed by atoms with Crippen LogP contribution in [0, 0.1) is 20.8 Å². The van der Waals surface area contributed by atoms with Crippen molar-refractivity contribution in [3.05, 3.63) is 77.1 Å². The van der Waals surface area contributed by atoms with Gasteiger partial charge in [0.1, 0.15) is 5.75 Å². The zero-order valence-corrected chi connectivity index (χ0v) is 18.1. The van der Waals surface area contributed by atoms with E-state index in [1.165, 1.54) is 0 Å². The number of carbonyl (C=O) groups excluding carboxylic acids is 2. The van der Waals surface area contributed by atoms with Crippen LogP contribution in [0.1, 0.15) is 29.4 Å². The van der Waals surface area contributed by atoms with Gasteiger partial charge in [-0.05, 0) is 69.7 Å². The molecule has 0 atom stereocenters. The number of hydrazone groups is 1. The highest BCUT2D eigenvalue weighted by Gasteiger charge is 2.14. The van der Waals surface area contributed by atoms with Crippen molar-refractivity contribution in [3.63, 3.8) is 0 Å². The van der Waals surface area contributed by atoms with Crippen LogP contribution in [-0.2, 0) is 9.59 Å². The molecule has 7 nitrogen and oxygen atoms in total. The van der Waals surface area contributed by atoms with Crippen LogP contribution in [0.4, 0.5) is 5.69 Å². The molecule has 1 aromatic heterocycles. The van der Waals surface area contributed by atoms with E-state index in [-0.39, 0.29) is 0 Å². The number of para-hydroxylation sites is 1. The molecule has 0 fully saturated rings. The summed E-state index contributed by atoms with van der Waals surface area (Å²) in [6, 6.07) is 16.9. The normalized spacial score (nSPS) is 10.8. The van der Waals surface area contributed by atoms with E-state index in [4.69, 9.17) is 4.74 Å². The number of anilines is 1.